The Kier molecular flexibility index (Phi) is 6.49. The maximum absolute atomic E-state index is 13.5. The van der Waals surface area contributed by atoms with E-state index in [0.717, 1.165) is 5.56 Å². The predicted molar refractivity (Wildman–Crippen MR) is 101 cm³/mol. The molecule has 0 saturated carbocycles. The Balaban J connectivity index is 1.52. The molecule has 1 amide bonds. The summed E-state index contributed by atoms with van der Waals surface area (Å²) in [6.45, 7) is 1.97. The van der Waals surface area contributed by atoms with E-state index in [1.807, 2.05) is 30.3 Å². The summed E-state index contributed by atoms with van der Waals surface area (Å²) in [6, 6.07) is 14.5. The molecule has 6 nitrogen and oxygen atoms in total. The topological polar surface area (TPSA) is 77.2 Å². The first-order valence-corrected chi connectivity index (χ1v) is 8.98. The molecule has 0 unspecified atom stereocenters. The third-order valence-corrected chi connectivity index (χ3v) is 4.34. The molecule has 0 spiro atoms. The smallest absolute Gasteiger partial charge is 0.249 e. The van der Waals surface area contributed by atoms with Crippen molar-refractivity contribution in [3.8, 4) is 0 Å². The van der Waals surface area contributed by atoms with Crippen LogP contribution in [0.2, 0.25) is 0 Å². The number of carbonyl (C=O) groups is 1. The molecule has 2 aromatic carbocycles. The number of rotatable bonds is 8. The van der Waals surface area contributed by atoms with Gasteiger partial charge in [0.2, 0.25) is 17.7 Å². The van der Waals surface area contributed by atoms with Crippen LogP contribution in [0.15, 0.2) is 52.9 Å². The minimum atomic E-state index is -0.451. The second-order valence-electron chi connectivity index (χ2n) is 6.42. The molecule has 0 aliphatic heterocycles. The van der Waals surface area contributed by atoms with Gasteiger partial charge in [-0.15, -0.1) is 10.2 Å². The van der Waals surface area contributed by atoms with Crippen LogP contribution < -0.4 is 5.32 Å². The first-order chi connectivity index (χ1) is 13.6. The monoisotopic (exact) mass is 383 g/mol. The first kappa shape index (κ1) is 19.7. The Morgan fingerprint density at radius 2 is 2.00 bits per heavy atom. The highest BCUT2D eigenvalue weighted by molar-refractivity contribution is 5.76. The summed E-state index contributed by atoms with van der Waals surface area (Å²) in [5.74, 6) is 0.257. The van der Waals surface area contributed by atoms with E-state index < -0.39 is 6.10 Å². The zero-order valence-electron chi connectivity index (χ0n) is 15.8. The van der Waals surface area contributed by atoms with Crippen molar-refractivity contribution in [1.29, 1.82) is 0 Å². The summed E-state index contributed by atoms with van der Waals surface area (Å²) >= 11 is 0. The second-order valence-corrected chi connectivity index (χ2v) is 6.42. The zero-order valence-corrected chi connectivity index (χ0v) is 15.8. The molecule has 28 heavy (non-hydrogen) atoms. The van der Waals surface area contributed by atoms with Gasteiger partial charge in [0.25, 0.3) is 0 Å². The molecule has 0 bridgehead atoms. The number of hydrogen-bond donors (Lipinski definition) is 1. The van der Waals surface area contributed by atoms with Crippen LogP contribution in [-0.2, 0) is 22.5 Å². The summed E-state index contributed by atoms with van der Waals surface area (Å²) in [4.78, 5) is 12.0. The van der Waals surface area contributed by atoms with Crippen LogP contribution in [0.5, 0.6) is 0 Å². The summed E-state index contributed by atoms with van der Waals surface area (Å²) < 4.78 is 24.7. The molecule has 7 heteroatoms. The molecule has 1 heterocycles. The Morgan fingerprint density at radius 1 is 1.21 bits per heavy atom. The van der Waals surface area contributed by atoms with Gasteiger partial charge < -0.3 is 14.5 Å². The highest BCUT2D eigenvalue weighted by Gasteiger charge is 2.20. The van der Waals surface area contributed by atoms with Crippen molar-refractivity contribution in [2.45, 2.75) is 32.4 Å². The summed E-state index contributed by atoms with van der Waals surface area (Å²) in [6.07, 6.45) is 0.0540. The highest BCUT2D eigenvalue weighted by atomic mass is 19.1. The van der Waals surface area contributed by atoms with Gasteiger partial charge in [-0.25, -0.2) is 4.39 Å². The largest absolute Gasteiger partial charge is 0.422 e. The Morgan fingerprint density at radius 3 is 2.71 bits per heavy atom. The fourth-order valence-corrected chi connectivity index (χ4v) is 2.74. The van der Waals surface area contributed by atoms with Gasteiger partial charge in [0.15, 0.2) is 6.10 Å². The molecule has 3 rings (SSSR count). The molecule has 1 atom stereocenters. The summed E-state index contributed by atoms with van der Waals surface area (Å²) in [5.41, 5.74) is 2.19. The van der Waals surface area contributed by atoms with Gasteiger partial charge in [0.05, 0.1) is 0 Å². The molecule has 146 valence electrons. The molecular weight excluding hydrogens is 361 g/mol. The third kappa shape index (κ3) is 5.01. The number of amides is 1. The highest BCUT2D eigenvalue weighted by Crippen LogP contribution is 2.24. The summed E-state index contributed by atoms with van der Waals surface area (Å²) in [5, 5.41) is 10.8. The lowest BCUT2D eigenvalue weighted by molar-refractivity contribution is -0.121. The number of halogens is 1. The maximum atomic E-state index is 13.5. The van der Waals surface area contributed by atoms with Gasteiger partial charge in [-0.2, -0.15) is 0 Å². The lowest BCUT2D eigenvalue weighted by atomic mass is 10.1. The fraction of sp³-hybridized carbons (Fsp3) is 0.286. The van der Waals surface area contributed by atoms with E-state index in [9.17, 15) is 9.18 Å². The normalized spacial score (nSPS) is 12.0. The van der Waals surface area contributed by atoms with Gasteiger partial charge in [0, 0.05) is 26.5 Å². The molecule has 1 N–H and O–H groups in total. The number of benzene rings is 2. The molecule has 0 fully saturated rings. The lowest BCUT2D eigenvalue weighted by Gasteiger charge is -2.10. The standard InChI is InChI=1S/C21H22FN3O3/c1-14-8-9-15(12-17(14)22)13-23-18(26)10-11-19-24-25-21(28-19)20(27-2)16-6-4-3-5-7-16/h3-9,12,20H,10-11,13H2,1-2H3,(H,23,26)/t20-/m1/s1. The Bertz CT molecular complexity index is 928. The number of ether oxygens (including phenoxy) is 1. The number of aryl methyl sites for hydroxylation is 2. The van der Waals surface area contributed by atoms with Crippen LogP contribution in [0.1, 0.15) is 41.0 Å². The number of methoxy groups -OCH3 is 1. The Labute approximate surface area is 162 Å². The van der Waals surface area contributed by atoms with Crippen molar-refractivity contribution in [3.05, 3.63) is 82.8 Å². The SMILES string of the molecule is CO[C@H](c1ccccc1)c1nnc(CCC(=O)NCc2ccc(C)c(F)c2)o1. The van der Waals surface area contributed by atoms with E-state index in [4.69, 9.17) is 9.15 Å². The minimum Gasteiger partial charge on any atom is -0.422 e. The number of aromatic nitrogens is 2. The molecule has 0 radical (unpaired) electrons. The van der Waals surface area contributed by atoms with Crippen LogP contribution in [0, 0.1) is 12.7 Å². The molecule has 0 aliphatic carbocycles. The van der Waals surface area contributed by atoms with Crippen LogP contribution in [0.25, 0.3) is 0 Å². The maximum Gasteiger partial charge on any atom is 0.249 e. The molecule has 1 aromatic heterocycles. The number of carbonyl (C=O) groups excluding carboxylic acids is 1. The molecular formula is C21H22FN3O3. The quantitative estimate of drug-likeness (QED) is 0.644. The average Bonchev–Trinajstić information content (AvgIpc) is 3.17. The van der Waals surface area contributed by atoms with Crippen LogP contribution >= 0.6 is 0 Å². The lowest BCUT2D eigenvalue weighted by Crippen LogP contribution is -2.23. The Hall–Kier alpha value is -3.06. The van der Waals surface area contributed by atoms with Gasteiger partial charge in [-0.1, -0.05) is 42.5 Å². The zero-order chi connectivity index (χ0) is 19.9. The van der Waals surface area contributed by atoms with Gasteiger partial charge in [-0.3, -0.25) is 4.79 Å². The van der Waals surface area contributed by atoms with Gasteiger partial charge >= 0.3 is 0 Å². The summed E-state index contributed by atoms with van der Waals surface area (Å²) in [7, 11) is 1.57. The fourth-order valence-electron chi connectivity index (χ4n) is 2.74. The van der Waals surface area contributed by atoms with Crippen molar-refractivity contribution >= 4 is 5.91 Å². The van der Waals surface area contributed by atoms with Crippen LogP contribution in [0.4, 0.5) is 4.39 Å². The number of nitrogens with one attached hydrogen (secondary N) is 1. The van der Waals surface area contributed by atoms with Crippen molar-refractivity contribution in [2.75, 3.05) is 7.11 Å². The van der Waals surface area contributed by atoms with Crippen LogP contribution in [-0.4, -0.2) is 23.2 Å². The van der Waals surface area contributed by atoms with Gasteiger partial charge in [0.1, 0.15) is 5.82 Å². The van der Waals surface area contributed by atoms with Crippen molar-refractivity contribution in [2.24, 2.45) is 0 Å². The van der Waals surface area contributed by atoms with E-state index >= 15 is 0 Å². The number of hydrogen-bond acceptors (Lipinski definition) is 5. The third-order valence-electron chi connectivity index (χ3n) is 4.34. The van der Waals surface area contributed by atoms with E-state index in [-0.39, 0.29) is 24.7 Å². The minimum absolute atomic E-state index is 0.174. The van der Waals surface area contributed by atoms with Crippen LogP contribution in [0.3, 0.4) is 0 Å². The van der Waals surface area contributed by atoms with E-state index in [1.54, 1.807) is 26.2 Å². The van der Waals surface area contributed by atoms with Gasteiger partial charge in [-0.05, 0) is 29.7 Å². The number of nitrogens with zero attached hydrogens (tertiary/aromatic N) is 2. The van der Waals surface area contributed by atoms with E-state index in [0.29, 0.717) is 29.3 Å². The van der Waals surface area contributed by atoms with E-state index in [1.165, 1.54) is 6.07 Å². The van der Waals surface area contributed by atoms with Crippen molar-refractivity contribution in [1.82, 2.24) is 15.5 Å². The van der Waals surface area contributed by atoms with Crippen molar-refractivity contribution in [3.63, 3.8) is 0 Å². The predicted octanol–water partition coefficient (Wildman–Crippen LogP) is 3.50. The van der Waals surface area contributed by atoms with E-state index in [2.05, 4.69) is 15.5 Å². The molecule has 3 aromatic rings. The molecule has 0 saturated heterocycles. The van der Waals surface area contributed by atoms with Crippen molar-refractivity contribution < 1.29 is 18.3 Å². The second kappa shape index (κ2) is 9.23. The first-order valence-electron chi connectivity index (χ1n) is 8.98. The average molecular weight is 383 g/mol. The molecule has 0 aliphatic rings.